The Morgan fingerprint density at radius 3 is 3.18 bits per heavy atom. The molecule has 1 heterocycles. The Balaban J connectivity index is 2.52. The molecule has 52 valence electrons. The largest absolute Gasteiger partial charge is 0.248 e. The van der Waals surface area contributed by atoms with E-state index in [9.17, 15) is 0 Å². The Morgan fingerprint density at radius 2 is 2.36 bits per heavy atom. The standard InChI is InChI=1S/C10H7N/c1-2-7-6-8-4-5-10(8)11-9(7)3-1/h1-3,5-6H,4H2. The first kappa shape index (κ1) is 5.30. The van der Waals surface area contributed by atoms with Crippen molar-refractivity contribution in [1.82, 2.24) is 4.98 Å². The molecule has 1 nitrogen and oxygen atoms in total. The molecule has 0 aromatic carbocycles. The maximum atomic E-state index is 4.47. The smallest absolute Gasteiger partial charge is 0.0709 e. The van der Waals surface area contributed by atoms with Gasteiger partial charge in [0, 0.05) is 5.22 Å². The molecule has 1 aromatic rings. The molecule has 0 bridgehead atoms. The maximum absolute atomic E-state index is 4.47. The van der Waals surface area contributed by atoms with Crippen LogP contribution in [0.4, 0.5) is 0 Å². The van der Waals surface area contributed by atoms with Crippen LogP contribution < -0.4 is 10.6 Å². The SMILES string of the molecule is C1=Cc2nc3c(cc2=C1)CC=3. The van der Waals surface area contributed by atoms with E-state index < -0.39 is 0 Å². The summed E-state index contributed by atoms with van der Waals surface area (Å²) in [6.07, 6.45) is 9.49. The fourth-order valence-electron chi connectivity index (χ4n) is 1.53. The quantitative estimate of drug-likeness (QED) is 0.504. The van der Waals surface area contributed by atoms with Crippen molar-refractivity contribution in [2.24, 2.45) is 0 Å². The average molecular weight is 141 g/mol. The van der Waals surface area contributed by atoms with Crippen LogP contribution in [0.3, 0.4) is 0 Å². The van der Waals surface area contributed by atoms with Gasteiger partial charge in [0.15, 0.2) is 0 Å². The van der Waals surface area contributed by atoms with E-state index in [4.69, 9.17) is 0 Å². The molecule has 11 heavy (non-hydrogen) atoms. The minimum atomic E-state index is 1.10. The first-order valence-electron chi connectivity index (χ1n) is 3.82. The van der Waals surface area contributed by atoms with E-state index in [1.54, 1.807) is 0 Å². The molecule has 0 atom stereocenters. The Morgan fingerprint density at radius 1 is 1.36 bits per heavy atom. The van der Waals surface area contributed by atoms with Gasteiger partial charge in [-0.05, 0) is 24.1 Å². The van der Waals surface area contributed by atoms with Crippen LogP contribution in [0.2, 0.25) is 0 Å². The van der Waals surface area contributed by atoms with Gasteiger partial charge in [0.05, 0.1) is 11.0 Å². The van der Waals surface area contributed by atoms with E-state index in [1.165, 1.54) is 16.1 Å². The lowest BCUT2D eigenvalue weighted by molar-refractivity contribution is 1.06. The Hall–Kier alpha value is -1.37. The third-order valence-corrected chi connectivity index (χ3v) is 2.24. The predicted molar refractivity (Wildman–Crippen MR) is 45.2 cm³/mol. The van der Waals surface area contributed by atoms with E-state index in [-0.39, 0.29) is 0 Å². The highest BCUT2D eigenvalue weighted by Crippen LogP contribution is 2.03. The van der Waals surface area contributed by atoms with E-state index >= 15 is 0 Å². The number of hydrogen-bond donors (Lipinski definition) is 0. The minimum absolute atomic E-state index is 1.10. The monoisotopic (exact) mass is 141 g/mol. The molecule has 0 spiro atoms. The molecule has 1 aromatic heterocycles. The summed E-state index contributed by atoms with van der Waals surface area (Å²) in [4.78, 5) is 4.47. The lowest BCUT2D eigenvalue weighted by Gasteiger charge is -2.07. The van der Waals surface area contributed by atoms with Gasteiger partial charge in [-0.15, -0.1) is 0 Å². The molecule has 2 aliphatic carbocycles. The zero-order valence-electron chi connectivity index (χ0n) is 6.04. The summed E-state index contributed by atoms with van der Waals surface area (Å²) in [5, 5.41) is 2.46. The normalized spacial score (nSPS) is 16.0. The topological polar surface area (TPSA) is 12.9 Å². The third kappa shape index (κ3) is 0.577. The van der Waals surface area contributed by atoms with E-state index in [1.807, 2.05) is 0 Å². The summed E-state index contributed by atoms with van der Waals surface area (Å²) in [5.74, 6) is 0. The van der Waals surface area contributed by atoms with E-state index in [0.29, 0.717) is 0 Å². The second-order valence-corrected chi connectivity index (χ2v) is 2.94. The van der Waals surface area contributed by atoms with Crippen LogP contribution in [-0.2, 0) is 6.42 Å². The molecule has 1 heteroatoms. The zero-order valence-corrected chi connectivity index (χ0v) is 6.04. The number of allylic oxidation sites excluding steroid dienone is 1. The van der Waals surface area contributed by atoms with Crippen LogP contribution in [0.15, 0.2) is 12.1 Å². The molecule has 0 unspecified atom stereocenters. The second-order valence-electron chi connectivity index (χ2n) is 2.94. The maximum Gasteiger partial charge on any atom is 0.0709 e. The molecule has 0 saturated carbocycles. The predicted octanol–water partition coefficient (Wildman–Crippen LogP) is 0.226. The highest BCUT2D eigenvalue weighted by atomic mass is 14.7. The molecule has 2 aliphatic rings. The Labute approximate surface area is 64.4 Å². The van der Waals surface area contributed by atoms with Crippen molar-refractivity contribution in [3.63, 3.8) is 0 Å². The lowest BCUT2D eigenvalue weighted by atomic mass is 10.0. The van der Waals surface area contributed by atoms with Crippen LogP contribution in [0.1, 0.15) is 11.3 Å². The molecule has 0 saturated heterocycles. The minimum Gasteiger partial charge on any atom is -0.248 e. The van der Waals surface area contributed by atoms with Crippen molar-refractivity contribution in [1.29, 1.82) is 0 Å². The van der Waals surface area contributed by atoms with Crippen molar-refractivity contribution in [3.05, 3.63) is 34.0 Å². The molecule has 0 amide bonds. The first-order chi connectivity index (χ1) is 5.43. The third-order valence-electron chi connectivity index (χ3n) is 2.24. The van der Waals surface area contributed by atoms with E-state index in [0.717, 1.165) is 12.1 Å². The van der Waals surface area contributed by atoms with Crippen LogP contribution >= 0.6 is 0 Å². The lowest BCUT2D eigenvalue weighted by Crippen LogP contribution is -2.27. The number of aromatic nitrogens is 1. The van der Waals surface area contributed by atoms with Gasteiger partial charge in [0.1, 0.15) is 0 Å². The molecule has 3 rings (SSSR count). The highest BCUT2D eigenvalue weighted by molar-refractivity contribution is 5.65. The number of rotatable bonds is 0. The summed E-state index contributed by atoms with van der Waals surface area (Å²) in [7, 11) is 0. The van der Waals surface area contributed by atoms with Gasteiger partial charge in [-0.3, -0.25) is 0 Å². The summed E-state index contributed by atoms with van der Waals surface area (Å²) in [6.45, 7) is 0. The number of hydrogen-bond acceptors (Lipinski definition) is 1. The summed E-state index contributed by atoms with van der Waals surface area (Å²) in [6, 6.07) is 2.23. The number of nitrogens with zero attached hydrogens (tertiary/aromatic N) is 1. The molecular weight excluding hydrogens is 134 g/mol. The molecular formula is C10H7N. The van der Waals surface area contributed by atoms with Gasteiger partial charge >= 0.3 is 0 Å². The van der Waals surface area contributed by atoms with Gasteiger partial charge < -0.3 is 0 Å². The van der Waals surface area contributed by atoms with Crippen molar-refractivity contribution < 1.29 is 0 Å². The summed E-state index contributed by atoms with van der Waals surface area (Å²) >= 11 is 0. The van der Waals surface area contributed by atoms with Gasteiger partial charge in [0.25, 0.3) is 0 Å². The second kappa shape index (κ2) is 1.62. The first-order valence-corrected chi connectivity index (χ1v) is 3.82. The van der Waals surface area contributed by atoms with Crippen LogP contribution in [0.25, 0.3) is 18.2 Å². The van der Waals surface area contributed by atoms with Gasteiger partial charge in [-0.25, -0.2) is 4.98 Å². The Bertz CT molecular complexity index is 466. The van der Waals surface area contributed by atoms with Crippen molar-refractivity contribution >= 4 is 18.2 Å². The molecule has 0 aliphatic heterocycles. The highest BCUT2D eigenvalue weighted by Gasteiger charge is 2.07. The van der Waals surface area contributed by atoms with Crippen LogP contribution in [0.5, 0.6) is 0 Å². The van der Waals surface area contributed by atoms with E-state index in [2.05, 4.69) is 35.4 Å². The molecule has 0 radical (unpaired) electrons. The van der Waals surface area contributed by atoms with Crippen LogP contribution in [-0.4, -0.2) is 4.98 Å². The van der Waals surface area contributed by atoms with Gasteiger partial charge in [-0.2, -0.15) is 0 Å². The fraction of sp³-hybridized carbons (Fsp3) is 0.100. The van der Waals surface area contributed by atoms with Crippen molar-refractivity contribution in [2.45, 2.75) is 6.42 Å². The van der Waals surface area contributed by atoms with Gasteiger partial charge in [-0.1, -0.05) is 18.2 Å². The molecule has 0 N–H and O–H groups in total. The molecule has 0 fully saturated rings. The number of fused-ring (bicyclic) bond motifs is 2. The summed E-state index contributed by atoms with van der Waals surface area (Å²) in [5.41, 5.74) is 2.52. The van der Waals surface area contributed by atoms with Crippen molar-refractivity contribution in [3.8, 4) is 0 Å². The fourth-order valence-corrected chi connectivity index (χ4v) is 1.53. The summed E-state index contributed by atoms with van der Waals surface area (Å²) < 4.78 is 0. The zero-order chi connectivity index (χ0) is 7.26. The average Bonchev–Trinajstić information content (AvgIpc) is 2.40. The van der Waals surface area contributed by atoms with Gasteiger partial charge in [0.2, 0.25) is 0 Å². The van der Waals surface area contributed by atoms with Crippen LogP contribution in [0, 0.1) is 0 Å². The Kier molecular flexibility index (Phi) is 0.779. The number of pyridine rings is 1. The van der Waals surface area contributed by atoms with Crippen molar-refractivity contribution in [2.75, 3.05) is 0 Å².